The largest absolute Gasteiger partial charge is 0.0527 e. The second-order valence-corrected chi connectivity index (χ2v) is 3.04. The van der Waals surface area contributed by atoms with Gasteiger partial charge in [0.2, 0.25) is 0 Å². The van der Waals surface area contributed by atoms with Crippen molar-refractivity contribution < 1.29 is 0 Å². The number of hydrogen-bond acceptors (Lipinski definition) is 0. The molecule has 0 spiro atoms. The lowest BCUT2D eigenvalue weighted by atomic mass is 10.0. The Morgan fingerprint density at radius 3 is 3.00 bits per heavy atom. The van der Waals surface area contributed by atoms with Gasteiger partial charge in [-0.25, -0.2) is 0 Å². The van der Waals surface area contributed by atoms with Crippen molar-refractivity contribution in [1.29, 1.82) is 0 Å². The van der Waals surface area contributed by atoms with Gasteiger partial charge in [0.05, 0.1) is 0 Å². The third-order valence-electron chi connectivity index (χ3n) is 2.58. The van der Waals surface area contributed by atoms with Gasteiger partial charge in [0.25, 0.3) is 0 Å². The molecule has 0 aliphatic heterocycles. The van der Waals surface area contributed by atoms with Crippen LogP contribution in [0.15, 0.2) is 0 Å². The van der Waals surface area contributed by atoms with E-state index in [0.717, 1.165) is 11.8 Å². The Labute approximate surface area is 51.3 Å². The third kappa shape index (κ3) is 0.586. The minimum absolute atomic E-state index is 0.926. The second kappa shape index (κ2) is 1.75. The maximum Gasteiger partial charge on any atom is -0.0137 e. The fourth-order valence-electron chi connectivity index (χ4n) is 2.11. The summed E-state index contributed by atoms with van der Waals surface area (Å²) in [5, 5.41) is 0. The smallest absolute Gasteiger partial charge is 0.0137 e. The molecule has 2 fully saturated rings. The summed E-state index contributed by atoms with van der Waals surface area (Å²) in [6.45, 7) is 0. The first kappa shape index (κ1) is 4.84. The van der Waals surface area contributed by atoms with Crippen LogP contribution in [0.5, 0.6) is 0 Å². The van der Waals surface area contributed by atoms with Gasteiger partial charge >= 0.3 is 0 Å². The lowest BCUT2D eigenvalue weighted by Crippen LogP contribution is -1.96. The van der Waals surface area contributed by atoms with Crippen molar-refractivity contribution in [1.82, 2.24) is 0 Å². The SMILES string of the molecule is [C]1CC[C@H]2CCC[C@@H]12. The molecule has 0 amide bonds. The molecule has 2 atom stereocenters. The van der Waals surface area contributed by atoms with Crippen LogP contribution in [0.1, 0.15) is 32.1 Å². The van der Waals surface area contributed by atoms with Crippen LogP contribution in [0.2, 0.25) is 0 Å². The molecular weight excluding hydrogens is 96.1 g/mol. The Morgan fingerprint density at radius 2 is 2.12 bits per heavy atom. The van der Waals surface area contributed by atoms with Gasteiger partial charge in [-0.1, -0.05) is 12.8 Å². The van der Waals surface area contributed by atoms with E-state index < -0.39 is 0 Å². The summed E-state index contributed by atoms with van der Waals surface area (Å²) in [4.78, 5) is 0. The molecule has 0 aromatic heterocycles. The molecule has 2 aliphatic rings. The molecule has 0 unspecified atom stereocenters. The van der Waals surface area contributed by atoms with Gasteiger partial charge in [0, 0.05) is 0 Å². The van der Waals surface area contributed by atoms with Crippen LogP contribution >= 0.6 is 0 Å². The first-order chi connectivity index (χ1) is 3.97. The highest BCUT2D eigenvalue weighted by Crippen LogP contribution is 2.42. The third-order valence-corrected chi connectivity index (χ3v) is 2.58. The maximum absolute atomic E-state index is 3.52. The zero-order valence-corrected chi connectivity index (χ0v) is 5.19. The van der Waals surface area contributed by atoms with E-state index in [4.69, 9.17) is 0 Å². The van der Waals surface area contributed by atoms with Crippen molar-refractivity contribution in [2.45, 2.75) is 32.1 Å². The fourth-order valence-corrected chi connectivity index (χ4v) is 2.11. The molecule has 2 saturated carbocycles. The van der Waals surface area contributed by atoms with E-state index in [2.05, 4.69) is 6.42 Å². The Hall–Kier alpha value is 0. The number of hydrogen-bond donors (Lipinski definition) is 0. The molecule has 0 saturated heterocycles. The summed E-state index contributed by atoms with van der Waals surface area (Å²) in [7, 11) is 0. The fraction of sp³-hybridized carbons (Fsp3) is 0.875. The molecule has 44 valence electrons. The van der Waals surface area contributed by atoms with Crippen LogP contribution in [0.3, 0.4) is 0 Å². The molecule has 2 radical (unpaired) electrons. The van der Waals surface area contributed by atoms with Gasteiger partial charge in [0.1, 0.15) is 0 Å². The Kier molecular flexibility index (Phi) is 1.06. The van der Waals surface area contributed by atoms with Crippen molar-refractivity contribution >= 4 is 0 Å². The van der Waals surface area contributed by atoms with E-state index in [1.54, 1.807) is 0 Å². The molecule has 0 N–H and O–H groups in total. The topological polar surface area (TPSA) is 0 Å². The van der Waals surface area contributed by atoms with E-state index >= 15 is 0 Å². The first-order valence-electron chi connectivity index (χ1n) is 3.70. The highest BCUT2D eigenvalue weighted by molar-refractivity contribution is 4.93. The summed E-state index contributed by atoms with van der Waals surface area (Å²) in [6.07, 6.45) is 10.7. The molecule has 0 heteroatoms. The molecule has 0 heterocycles. The van der Waals surface area contributed by atoms with Crippen molar-refractivity contribution in [2.75, 3.05) is 0 Å². The zero-order chi connectivity index (χ0) is 5.40. The van der Waals surface area contributed by atoms with Crippen LogP contribution in [0, 0.1) is 18.3 Å². The molecule has 0 aromatic rings. The quantitative estimate of drug-likeness (QED) is 0.446. The maximum atomic E-state index is 3.52. The molecule has 2 rings (SSSR count). The normalized spacial score (nSPS) is 45.0. The van der Waals surface area contributed by atoms with Gasteiger partial charge in [0.15, 0.2) is 0 Å². The van der Waals surface area contributed by atoms with Gasteiger partial charge in [-0.15, -0.1) is 0 Å². The molecule has 0 nitrogen and oxygen atoms in total. The van der Waals surface area contributed by atoms with Crippen molar-refractivity contribution in [3.8, 4) is 0 Å². The average molecular weight is 108 g/mol. The number of rotatable bonds is 0. The van der Waals surface area contributed by atoms with Gasteiger partial charge in [-0.2, -0.15) is 0 Å². The highest BCUT2D eigenvalue weighted by Gasteiger charge is 2.31. The van der Waals surface area contributed by atoms with E-state index in [0.29, 0.717) is 0 Å². The predicted octanol–water partition coefficient (Wildman–Crippen LogP) is 2.28. The van der Waals surface area contributed by atoms with Crippen LogP contribution < -0.4 is 0 Å². The Bertz CT molecular complexity index is 66.0. The molecule has 0 bridgehead atoms. The van der Waals surface area contributed by atoms with E-state index in [1.165, 1.54) is 32.1 Å². The van der Waals surface area contributed by atoms with Crippen LogP contribution in [-0.2, 0) is 0 Å². The monoisotopic (exact) mass is 108 g/mol. The molecule has 2 aliphatic carbocycles. The minimum Gasteiger partial charge on any atom is -0.0527 e. The minimum atomic E-state index is 0.926. The van der Waals surface area contributed by atoms with Crippen molar-refractivity contribution in [2.24, 2.45) is 11.8 Å². The van der Waals surface area contributed by atoms with Gasteiger partial charge < -0.3 is 0 Å². The summed E-state index contributed by atoms with van der Waals surface area (Å²) in [5.74, 6) is 1.99. The Morgan fingerprint density at radius 1 is 1.12 bits per heavy atom. The zero-order valence-electron chi connectivity index (χ0n) is 5.19. The summed E-state index contributed by atoms with van der Waals surface area (Å²) in [6, 6.07) is 0. The standard InChI is InChI=1S/C8H12/c1-3-7-5-2-6-8(7)4-1/h7-8H,1-5H2/t7-,8+/m1/s1. The highest BCUT2D eigenvalue weighted by atomic mass is 14.4. The summed E-state index contributed by atoms with van der Waals surface area (Å²) >= 11 is 0. The summed E-state index contributed by atoms with van der Waals surface area (Å²) < 4.78 is 0. The van der Waals surface area contributed by atoms with E-state index in [-0.39, 0.29) is 0 Å². The van der Waals surface area contributed by atoms with E-state index in [9.17, 15) is 0 Å². The average Bonchev–Trinajstić information content (AvgIpc) is 2.15. The van der Waals surface area contributed by atoms with Crippen molar-refractivity contribution in [3.05, 3.63) is 6.42 Å². The van der Waals surface area contributed by atoms with Crippen LogP contribution in [0.4, 0.5) is 0 Å². The first-order valence-corrected chi connectivity index (χ1v) is 3.70. The van der Waals surface area contributed by atoms with Crippen LogP contribution in [-0.4, -0.2) is 0 Å². The van der Waals surface area contributed by atoms with Crippen LogP contribution in [0.25, 0.3) is 0 Å². The molecule has 8 heavy (non-hydrogen) atoms. The van der Waals surface area contributed by atoms with Gasteiger partial charge in [-0.05, 0) is 37.5 Å². The molecular formula is C8H12. The number of fused-ring (bicyclic) bond motifs is 1. The Balaban J connectivity index is 2.04. The summed E-state index contributed by atoms with van der Waals surface area (Å²) in [5.41, 5.74) is 0. The van der Waals surface area contributed by atoms with Crippen molar-refractivity contribution in [3.63, 3.8) is 0 Å². The lowest BCUT2D eigenvalue weighted by molar-refractivity contribution is 0.489. The van der Waals surface area contributed by atoms with Gasteiger partial charge in [-0.3, -0.25) is 0 Å². The predicted molar refractivity (Wildman–Crippen MR) is 33.3 cm³/mol. The second-order valence-electron chi connectivity index (χ2n) is 3.04. The lowest BCUT2D eigenvalue weighted by Gasteiger charge is -2.04. The van der Waals surface area contributed by atoms with E-state index in [1.807, 2.05) is 0 Å². The molecule has 0 aromatic carbocycles.